The molecule has 0 spiro atoms. The Morgan fingerprint density at radius 3 is 2.56 bits per heavy atom. The zero-order valence-corrected chi connectivity index (χ0v) is 15.7. The van der Waals surface area contributed by atoms with Crippen LogP contribution in [0.15, 0.2) is 64.6 Å². The van der Waals surface area contributed by atoms with Crippen molar-refractivity contribution in [2.24, 2.45) is 0 Å². The molecule has 4 rings (SSSR count). The maximum atomic E-state index is 13.4. The maximum absolute atomic E-state index is 13.4. The van der Waals surface area contributed by atoms with Gasteiger partial charge in [0.05, 0.1) is 17.7 Å². The molecule has 1 aliphatic heterocycles. The molecular formula is C21H21FN2O2S. The molecule has 0 aliphatic carbocycles. The molecule has 1 amide bonds. The van der Waals surface area contributed by atoms with Crippen LogP contribution in [0.1, 0.15) is 28.3 Å². The van der Waals surface area contributed by atoms with E-state index in [2.05, 4.69) is 4.90 Å². The Morgan fingerprint density at radius 1 is 1.15 bits per heavy atom. The standard InChI is InChI=1S/C21H21FN2O2S/c22-16-5-7-17(8-6-16)24(21(25)20-4-2-14-27-20)18-9-11-23(12-10-18)15-19-3-1-13-26-19/h1-8,13-14,18H,9-12,15H2. The van der Waals surface area contributed by atoms with Gasteiger partial charge in [0, 0.05) is 24.8 Å². The van der Waals surface area contributed by atoms with Crippen molar-refractivity contribution in [3.8, 4) is 0 Å². The number of carbonyl (C=O) groups excluding carboxylic acids is 1. The van der Waals surface area contributed by atoms with E-state index < -0.39 is 0 Å². The summed E-state index contributed by atoms with van der Waals surface area (Å²) in [4.78, 5) is 18.0. The first-order valence-corrected chi connectivity index (χ1v) is 9.96. The van der Waals surface area contributed by atoms with Crippen LogP contribution in [0, 0.1) is 5.82 Å². The molecule has 6 heteroatoms. The van der Waals surface area contributed by atoms with Gasteiger partial charge in [0.2, 0.25) is 0 Å². The van der Waals surface area contributed by atoms with E-state index >= 15 is 0 Å². The van der Waals surface area contributed by atoms with Gasteiger partial charge in [-0.2, -0.15) is 0 Å². The zero-order chi connectivity index (χ0) is 18.6. The first-order valence-electron chi connectivity index (χ1n) is 9.08. The van der Waals surface area contributed by atoms with E-state index in [-0.39, 0.29) is 17.8 Å². The normalized spacial score (nSPS) is 15.7. The van der Waals surface area contributed by atoms with Gasteiger partial charge >= 0.3 is 0 Å². The molecule has 0 N–H and O–H groups in total. The third kappa shape index (κ3) is 4.12. The van der Waals surface area contributed by atoms with Crippen molar-refractivity contribution in [2.45, 2.75) is 25.4 Å². The van der Waals surface area contributed by atoms with Crippen molar-refractivity contribution in [1.29, 1.82) is 0 Å². The van der Waals surface area contributed by atoms with Gasteiger partial charge in [-0.25, -0.2) is 4.39 Å². The predicted molar refractivity (Wildman–Crippen MR) is 105 cm³/mol. The Balaban J connectivity index is 1.51. The van der Waals surface area contributed by atoms with Crippen LogP contribution < -0.4 is 4.90 Å². The number of piperidine rings is 1. The number of carbonyl (C=O) groups is 1. The molecule has 0 bridgehead atoms. The molecule has 1 saturated heterocycles. The Hall–Kier alpha value is -2.44. The van der Waals surface area contributed by atoms with Crippen LogP contribution in [-0.2, 0) is 6.54 Å². The summed E-state index contributed by atoms with van der Waals surface area (Å²) >= 11 is 1.44. The minimum absolute atomic E-state index is 0.0129. The topological polar surface area (TPSA) is 36.7 Å². The highest BCUT2D eigenvalue weighted by atomic mass is 32.1. The van der Waals surface area contributed by atoms with Crippen molar-refractivity contribution in [1.82, 2.24) is 4.90 Å². The molecule has 2 aromatic heterocycles. The molecule has 1 aromatic carbocycles. The van der Waals surface area contributed by atoms with Gasteiger partial charge in [-0.15, -0.1) is 11.3 Å². The van der Waals surface area contributed by atoms with Gasteiger partial charge in [-0.05, 0) is 60.7 Å². The van der Waals surface area contributed by atoms with E-state index in [1.807, 2.05) is 34.5 Å². The largest absolute Gasteiger partial charge is 0.468 e. The summed E-state index contributed by atoms with van der Waals surface area (Å²) in [5.41, 5.74) is 0.749. The lowest BCUT2D eigenvalue weighted by atomic mass is 10.0. The molecule has 4 nitrogen and oxygen atoms in total. The number of hydrogen-bond acceptors (Lipinski definition) is 4. The Bertz CT molecular complexity index is 854. The van der Waals surface area contributed by atoms with Crippen LogP contribution in [0.4, 0.5) is 10.1 Å². The van der Waals surface area contributed by atoms with Crippen molar-refractivity contribution >= 4 is 22.9 Å². The average molecular weight is 384 g/mol. The van der Waals surface area contributed by atoms with Gasteiger partial charge in [-0.1, -0.05) is 6.07 Å². The quantitative estimate of drug-likeness (QED) is 0.635. The van der Waals surface area contributed by atoms with Gasteiger partial charge in [0.15, 0.2) is 0 Å². The Labute approximate surface area is 161 Å². The van der Waals surface area contributed by atoms with Gasteiger partial charge in [0.25, 0.3) is 5.91 Å². The lowest BCUT2D eigenvalue weighted by Crippen LogP contribution is -2.47. The van der Waals surface area contributed by atoms with Gasteiger partial charge in [0.1, 0.15) is 11.6 Å². The van der Waals surface area contributed by atoms with Gasteiger partial charge < -0.3 is 9.32 Å². The molecular weight excluding hydrogens is 363 g/mol. The van der Waals surface area contributed by atoms with Crippen LogP contribution in [0.2, 0.25) is 0 Å². The minimum atomic E-state index is -0.296. The van der Waals surface area contributed by atoms with Crippen molar-refractivity contribution in [2.75, 3.05) is 18.0 Å². The summed E-state index contributed by atoms with van der Waals surface area (Å²) in [5.74, 6) is 0.648. The van der Waals surface area contributed by atoms with Crippen molar-refractivity contribution < 1.29 is 13.6 Å². The molecule has 0 radical (unpaired) electrons. The van der Waals surface area contributed by atoms with Crippen LogP contribution in [0.5, 0.6) is 0 Å². The highest BCUT2D eigenvalue weighted by Crippen LogP contribution is 2.28. The van der Waals surface area contributed by atoms with E-state index in [1.165, 1.54) is 23.5 Å². The summed E-state index contributed by atoms with van der Waals surface area (Å²) in [6.07, 6.45) is 3.43. The summed E-state index contributed by atoms with van der Waals surface area (Å²) in [5, 5.41) is 1.90. The van der Waals surface area contributed by atoms with E-state index in [9.17, 15) is 9.18 Å². The number of benzene rings is 1. The number of hydrogen-bond donors (Lipinski definition) is 0. The second-order valence-corrected chi connectivity index (χ2v) is 7.66. The van der Waals surface area contributed by atoms with Crippen molar-refractivity contribution in [3.05, 3.63) is 76.6 Å². The molecule has 3 aromatic rings. The summed E-state index contributed by atoms with van der Waals surface area (Å²) in [6.45, 7) is 2.57. The fourth-order valence-corrected chi connectivity index (χ4v) is 4.23. The minimum Gasteiger partial charge on any atom is -0.468 e. The highest BCUT2D eigenvalue weighted by Gasteiger charge is 2.30. The maximum Gasteiger partial charge on any atom is 0.268 e. The van der Waals surface area contributed by atoms with E-state index in [1.54, 1.807) is 18.4 Å². The molecule has 140 valence electrons. The first kappa shape index (κ1) is 17.9. The molecule has 1 fully saturated rings. The summed E-state index contributed by atoms with van der Waals surface area (Å²) < 4.78 is 18.8. The van der Waals surface area contributed by atoms with E-state index in [0.29, 0.717) is 4.88 Å². The second-order valence-electron chi connectivity index (χ2n) is 6.72. The SMILES string of the molecule is O=C(c1cccs1)N(c1ccc(F)cc1)C1CCN(Cc2ccco2)CC1. The Kier molecular flexibility index (Phi) is 5.36. The number of amides is 1. The Morgan fingerprint density at radius 2 is 1.93 bits per heavy atom. The van der Waals surface area contributed by atoms with Crippen LogP contribution in [-0.4, -0.2) is 29.9 Å². The number of likely N-dealkylation sites (tertiary alicyclic amines) is 1. The number of nitrogens with zero attached hydrogens (tertiary/aromatic N) is 2. The fourth-order valence-electron chi connectivity index (χ4n) is 3.57. The molecule has 0 atom stereocenters. The molecule has 3 heterocycles. The number of rotatable bonds is 5. The summed E-state index contributed by atoms with van der Waals surface area (Å²) in [7, 11) is 0. The van der Waals surface area contributed by atoms with Crippen LogP contribution >= 0.6 is 11.3 Å². The molecule has 0 saturated carbocycles. The smallest absolute Gasteiger partial charge is 0.268 e. The molecule has 1 aliphatic rings. The molecule has 0 unspecified atom stereocenters. The monoisotopic (exact) mass is 384 g/mol. The third-order valence-corrected chi connectivity index (χ3v) is 5.80. The lowest BCUT2D eigenvalue weighted by molar-refractivity contribution is 0.0960. The summed E-state index contributed by atoms with van der Waals surface area (Å²) in [6, 6.07) is 13.9. The highest BCUT2D eigenvalue weighted by molar-refractivity contribution is 7.12. The average Bonchev–Trinajstić information content (AvgIpc) is 3.39. The first-order chi connectivity index (χ1) is 13.2. The number of halogens is 1. The van der Waals surface area contributed by atoms with E-state index in [0.717, 1.165) is 43.9 Å². The predicted octanol–water partition coefficient (Wildman–Crippen LogP) is 4.79. The number of thiophene rings is 1. The molecule has 27 heavy (non-hydrogen) atoms. The lowest BCUT2D eigenvalue weighted by Gasteiger charge is -2.38. The van der Waals surface area contributed by atoms with Crippen LogP contribution in [0.25, 0.3) is 0 Å². The fraction of sp³-hybridized carbons (Fsp3) is 0.286. The van der Waals surface area contributed by atoms with Gasteiger partial charge in [-0.3, -0.25) is 9.69 Å². The second kappa shape index (κ2) is 8.06. The van der Waals surface area contributed by atoms with Crippen molar-refractivity contribution in [3.63, 3.8) is 0 Å². The third-order valence-electron chi connectivity index (χ3n) is 4.94. The van der Waals surface area contributed by atoms with Crippen LogP contribution in [0.3, 0.4) is 0 Å². The number of furan rings is 1. The zero-order valence-electron chi connectivity index (χ0n) is 14.9. The number of anilines is 1. The van der Waals surface area contributed by atoms with E-state index in [4.69, 9.17) is 4.42 Å².